The molecule has 0 radical (unpaired) electrons. The van der Waals surface area contributed by atoms with Gasteiger partial charge in [0.15, 0.2) is 12.1 Å². The van der Waals surface area contributed by atoms with E-state index in [0.29, 0.717) is 18.0 Å². The predicted molar refractivity (Wildman–Crippen MR) is 100 cm³/mol. The highest BCUT2D eigenvalue weighted by Crippen LogP contribution is 2.27. The third-order valence-electron chi connectivity index (χ3n) is 4.10. The summed E-state index contributed by atoms with van der Waals surface area (Å²) in [4.78, 5) is 25.4. The van der Waals surface area contributed by atoms with Crippen LogP contribution in [0.15, 0.2) is 39.5 Å². The van der Waals surface area contributed by atoms with Crippen LogP contribution in [-0.4, -0.2) is 41.2 Å². The Morgan fingerprint density at radius 1 is 1.31 bits per heavy atom. The number of aromatic nitrogens is 1. The maximum Gasteiger partial charge on any atom is 0.490 e. The molecule has 1 aliphatic heterocycles. The van der Waals surface area contributed by atoms with Gasteiger partial charge in [0.1, 0.15) is 5.76 Å². The van der Waals surface area contributed by atoms with Crippen molar-refractivity contribution in [3.8, 4) is 0 Å². The summed E-state index contributed by atoms with van der Waals surface area (Å²) in [5, 5.41) is 13.3. The van der Waals surface area contributed by atoms with E-state index in [1.807, 2.05) is 24.3 Å². The molecule has 3 N–H and O–H groups in total. The molecule has 1 aromatic carbocycles. The van der Waals surface area contributed by atoms with E-state index in [9.17, 15) is 18.0 Å². The second-order valence-corrected chi connectivity index (χ2v) is 7.12. The van der Waals surface area contributed by atoms with Gasteiger partial charge in [-0.1, -0.05) is 28.1 Å². The number of nitrogens with zero attached hydrogens (tertiary/aromatic N) is 1. The van der Waals surface area contributed by atoms with Crippen LogP contribution < -0.4 is 10.6 Å². The lowest BCUT2D eigenvalue weighted by Gasteiger charge is -2.21. The molecule has 1 saturated heterocycles. The Morgan fingerprint density at radius 3 is 2.55 bits per heavy atom. The molecule has 2 heterocycles. The first-order valence-electron chi connectivity index (χ1n) is 8.65. The fourth-order valence-electron chi connectivity index (χ4n) is 2.71. The van der Waals surface area contributed by atoms with Crippen LogP contribution in [0.3, 0.4) is 0 Å². The molecule has 0 bridgehead atoms. The number of halogens is 4. The molecule has 1 aliphatic rings. The second-order valence-electron chi connectivity index (χ2n) is 6.21. The van der Waals surface area contributed by atoms with Gasteiger partial charge < -0.3 is 20.2 Å². The van der Waals surface area contributed by atoms with Crippen LogP contribution in [0.2, 0.25) is 0 Å². The quantitative estimate of drug-likeness (QED) is 0.622. The van der Waals surface area contributed by atoms with Crippen molar-refractivity contribution in [3.63, 3.8) is 0 Å². The number of hydrogen-bond acceptors (Lipinski definition) is 5. The van der Waals surface area contributed by atoms with Gasteiger partial charge in [-0.15, -0.1) is 0 Å². The summed E-state index contributed by atoms with van der Waals surface area (Å²) in [7, 11) is 0. The molecule has 2 aromatic rings. The third-order valence-corrected chi connectivity index (χ3v) is 4.60. The van der Waals surface area contributed by atoms with Crippen molar-refractivity contribution in [2.75, 3.05) is 13.1 Å². The first kappa shape index (κ1) is 22.9. The molecular weight excluding hydrogens is 459 g/mol. The molecule has 11 heteroatoms. The maximum atomic E-state index is 12.4. The van der Waals surface area contributed by atoms with E-state index in [1.165, 1.54) is 6.39 Å². The number of carboxylic acids is 1. The minimum absolute atomic E-state index is 0.178. The highest BCUT2D eigenvalue weighted by atomic mass is 79.9. The average molecular weight is 478 g/mol. The summed E-state index contributed by atoms with van der Waals surface area (Å²) in [5.74, 6) is -1.95. The largest absolute Gasteiger partial charge is 0.490 e. The zero-order valence-electron chi connectivity index (χ0n) is 15.1. The van der Waals surface area contributed by atoms with Gasteiger partial charge in [0.2, 0.25) is 0 Å². The Morgan fingerprint density at radius 2 is 1.97 bits per heavy atom. The fourth-order valence-corrected chi connectivity index (χ4v) is 3.16. The Hall–Kier alpha value is -2.40. The lowest BCUT2D eigenvalue weighted by Crippen LogP contribution is -2.29. The van der Waals surface area contributed by atoms with Crippen LogP contribution in [0.5, 0.6) is 0 Å². The first-order valence-corrected chi connectivity index (χ1v) is 9.44. The van der Waals surface area contributed by atoms with Crippen LogP contribution in [0.25, 0.3) is 0 Å². The standard InChI is InChI=1S/C16H18BrN3O2.C2HF3O2/c17-13-3-1-2-11(8-13)9-19-16(21)14-15(22-10-20-14)12-4-6-18-7-5-12;3-2(4,5)1(6)7/h1-3,8,10,12,18H,4-7,9H2,(H,19,21);(H,6,7). The van der Waals surface area contributed by atoms with Crippen molar-refractivity contribution in [1.82, 2.24) is 15.6 Å². The molecule has 1 amide bonds. The summed E-state index contributed by atoms with van der Waals surface area (Å²) in [6.45, 7) is 2.37. The van der Waals surface area contributed by atoms with E-state index in [1.54, 1.807) is 0 Å². The highest BCUT2D eigenvalue weighted by molar-refractivity contribution is 9.10. The smallest absolute Gasteiger partial charge is 0.475 e. The highest BCUT2D eigenvalue weighted by Gasteiger charge is 2.38. The van der Waals surface area contributed by atoms with Crippen LogP contribution in [0, 0.1) is 0 Å². The van der Waals surface area contributed by atoms with Gasteiger partial charge in [0.05, 0.1) is 0 Å². The summed E-state index contributed by atoms with van der Waals surface area (Å²) in [5.41, 5.74) is 1.46. The van der Waals surface area contributed by atoms with Crippen LogP contribution in [-0.2, 0) is 11.3 Å². The number of hydrogen-bond donors (Lipinski definition) is 3. The van der Waals surface area contributed by atoms with Gasteiger partial charge >= 0.3 is 12.1 Å². The molecule has 3 rings (SSSR count). The Labute approximate surface area is 172 Å². The molecule has 0 spiro atoms. The summed E-state index contributed by atoms with van der Waals surface area (Å²) in [6, 6.07) is 7.86. The number of carboxylic acid groups (broad SMARTS) is 1. The number of carbonyl (C=O) groups is 2. The minimum Gasteiger partial charge on any atom is -0.475 e. The van der Waals surface area contributed by atoms with Crippen molar-refractivity contribution >= 4 is 27.8 Å². The topological polar surface area (TPSA) is 104 Å². The van der Waals surface area contributed by atoms with Gasteiger partial charge in [-0.2, -0.15) is 13.2 Å². The number of nitrogens with one attached hydrogen (secondary N) is 2. The van der Waals surface area contributed by atoms with E-state index in [0.717, 1.165) is 36.0 Å². The Balaban J connectivity index is 0.000000370. The summed E-state index contributed by atoms with van der Waals surface area (Å²) in [6.07, 6.45) is -1.77. The lowest BCUT2D eigenvalue weighted by molar-refractivity contribution is -0.192. The number of benzene rings is 1. The number of piperidine rings is 1. The van der Waals surface area contributed by atoms with Crippen molar-refractivity contribution in [2.24, 2.45) is 0 Å². The predicted octanol–water partition coefficient (Wildman–Crippen LogP) is 3.47. The van der Waals surface area contributed by atoms with E-state index < -0.39 is 12.1 Å². The number of rotatable bonds is 4. The van der Waals surface area contributed by atoms with E-state index in [4.69, 9.17) is 14.3 Å². The van der Waals surface area contributed by atoms with Gasteiger partial charge in [0.25, 0.3) is 5.91 Å². The molecule has 0 atom stereocenters. The number of oxazole rings is 1. The van der Waals surface area contributed by atoms with Crippen molar-refractivity contribution in [1.29, 1.82) is 0 Å². The normalized spacial score (nSPS) is 14.6. The van der Waals surface area contributed by atoms with Gasteiger partial charge in [-0.3, -0.25) is 4.79 Å². The van der Waals surface area contributed by atoms with E-state index in [-0.39, 0.29) is 11.8 Å². The van der Waals surface area contributed by atoms with Crippen molar-refractivity contribution in [2.45, 2.75) is 31.5 Å². The zero-order valence-corrected chi connectivity index (χ0v) is 16.7. The first-order chi connectivity index (χ1) is 13.7. The molecule has 7 nitrogen and oxygen atoms in total. The second kappa shape index (κ2) is 10.4. The Bertz CT molecular complexity index is 836. The number of alkyl halides is 3. The maximum absolute atomic E-state index is 12.4. The molecule has 1 fully saturated rings. The molecule has 0 unspecified atom stereocenters. The molecule has 29 heavy (non-hydrogen) atoms. The lowest BCUT2D eigenvalue weighted by atomic mass is 9.94. The van der Waals surface area contributed by atoms with Crippen LogP contribution in [0.1, 0.15) is 40.6 Å². The Kier molecular flexibility index (Phi) is 8.21. The summed E-state index contributed by atoms with van der Waals surface area (Å²) >= 11 is 3.43. The van der Waals surface area contributed by atoms with E-state index >= 15 is 0 Å². The monoisotopic (exact) mass is 477 g/mol. The minimum atomic E-state index is -5.08. The van der Waals surface area contributed by atoms with Crippen molar-refractivity contribution < 1.29 is 32.3 Å². The SMILES string of the molecule is O=C(NCc1cccc(Br)c1)c1ncoc1C1CCNCC1.O=C(O)C(F)(F)F. The van der Waals surface area contributed by atoms with Gasteiger partial charge in [0, 0.05) is 16.9 Å². The van der Waals surface area contributed by atoms with Crippen molar-refractivity contribution in [3.05, 3.63) is 52.1 Å². The molecule has 0 aliphatic carbocycles. The van der Waals surface area contributed by atoms with Gasteiger partial charge in [-0.05, 0) is 43.6 Å². The molecule has 158 valence electrons. The van der Waals surface area contributed by atoms with Gasteiger partial charge in [-0.25, -0.2) is 9.78 Å². The van der Waals surface area contributed by atoms with Crippen LogP contribution >= 0.6 is 15.9 Å². The molecular formula is C18H19BrF3N3O4. The number of carbonyl (C=O) groups excluding carboxylic acids is 1. The van der Waals surface area contributed by atoms with Crippen LogP contribution in [0.4, 0.5) is 13.2 Å². The average Bonchev–Trinajstić information content (AvgIpc) is 3.16. The number of amides is 1. The van der Waals surface area contributed by atoms with E-state index in [2.05, 4.69) is 31.5 Å². The summed E-state index contributed by atoms with van der Waals surface area (Å²) < 4.78 is 38.2. The zero-order chi connectivity index (χ0) is 21.4. The molecule has 0 saturated carbocycles. The third kappa shape index (κ3) is 7.17. The molecule has 1 aromatic heterocycles. The number of aliphatic carboxylic acids is 1. The fraction of sp³-hybridized carbons (Fsp3) is 0.389.